The largest absolute Gasteiger partial charge is 0.464 e. The van der Waals surface area contributed by atoms with Gasteiger partial charge in [-0.3, -0.25) is 0 Å². The van der Waals surface area contributed by atoms with Crippen LogP contribution in [0.3, 0.4) is 0 Å². The molecule has 5 heteroatoms. The molecule has 1 atom stereocenters. The Hall–Kier alpha value is -0.650. The zero-order valence-electron chi connectivity index (χ0n) is 11.6. The summed E-state index contributed by atoms with van der Waals surface area (Å²) in [7, 11) is 0. The Morgan fingerprint density at radius 3 is 2.33 bits per heavy atom. The van der Waals surface area contributed by atoms with Crippen LogP contribution in [0, 0.1) is 0 Å². The minimum atomic E-state index is -1.01. The van der Waals surface area contributed by atoms with E-state index in [-0.39, 0.29) is 5.97 Å². The minimum absolute atomic E-state index is 0.340. The van der Waals surface area contributed by atoms with E-state index in [0.717, 1.165) is 0 Å². The maximum absolute atomic E-state index is 12.1. The fraction of sp³-hybridized carbons (Fsp3) is 0.923. The van der Waals surface area contributed by atoms with Crippen LogP contribution in [-0.2, 0) is 23.7 Å². The van der Waals surface area contributed by atoms with Gasteiger partial charge >= 0.3 is 5.97 Å². The summed E-state index contributed by atoms with van der Waals surface area (Å²) in [5.74, 6) is -1.06. The van der Waals surface area contributed by atoms with Crippen LogP contribution in [0.15, 0.2) is 0 Å². The average molecular weight is 258 g/mol. The van der Waals surface area contributed by atoms with E-state index in [1.54, 1.807) is 13.8 Å². The first-order chi connectivity index (χ1) is 8.31. The summed E-state index contributed by atoms with van der Waals surface area (Å²) in [6, 6.07) is 0. The van der Waals surface area contributed by atoms with E-state index < -0.39 is 17.0 Å². The summed E-state index contributed by atoms with van der Waals surface area (Å²) in [5.41, 5.74) is -1.49. The van der Waals surface area contributed by atoms with Gasteiger partial charge in [0.1, 0.15) is 0 Å². The highest BCUT2D eigenvalue weighted by atomic mass is 16.7. The maximum atomic E-state index is 12.1. The third kappa shape index (κ3) is 2.53. The zero-order chi connectivity index (χ0) is 13.4. The average Bonchev–Trinajstić information content (AvgIpc) is 2.62. The van der Waals surface area contributed by atoms with Crippen LogP contribution < -0.4 is 0 Å². The Bertz CT molecular complexity index is 332. The van der Waals surface area contributed by atoms with Crippen molar-refractivity contribution < 1.29 is 23.7 Å². The molecule has 0 N–H and O–H groups in total. The van der Waals surface area contributed by atoms with E-state index in [0.29, 0.717) is 32.7 Å². The van der Waals surface area contributed by atoms with Crippen LogP contribution in [0.1, 0.15) is 40.5 Å². The molecule has 18 heavy (non-hydrogen) atoms. The Morgan fingerprint density at radius 2 is 1.78 bits per heavy atom. The van der Waals surface area contributed by atoms with Crippen molar-refractivity contribution >= 4 is 5.97 Å². The van der Waals surface area contributed by atoms with Crippen LogP contribution in [-0.4, -0.2) is 42.8 Å². The molecule has 2 rings (SSSR count). The van der Waals surface area contributed by atoms with E-state index in [9.17, 15) is 4.79 Å². The summed E-state index contributed by atoms with van der Waals surface area (Å²) in [5, 5.41) is 0. The molecule has 0 aromatic carbocycles. The Balaban J connectivity index is 2.23. The van der Waals surface area contributed by atoms with Crippen molar-refractivity contribution in [3.63, 3.8) is 0 Å². The highest BCUT2D eigenvalue weighted by Gasteiger charge is 2.57. The maximum Gasteiger partial charge on any atom is 0.338 e. The van der Waals surface area contributed by atoms with Crippen molar-refractivity contribution in [2.45, 2.75) is 57.5 Å². The molecule has 1 unspecified atom stereocenters. The molecule has 2 fully saturated rings. The minimum Gasteiger partial charge on any atom is -0.464 e. The van der Waals surface area contributed by atoms with Gasteiger partial charge in [0.15, 0.2) is 11.4 Å². The SMILES string of the molecule is CCOC(=O)C1(C)CC2(CC(C)(C)O1)OCCO2. The van der Waals surface area contributed by atoms with Crippen molar-refractivity contribution in [3.05, 3.63) is 0 Å². The quantitative estimate of drug-likeness (QED) is 0.705. The van der Waals surface area contributed by atoms with E-state index >= 15 is 0 Å². The summed E-state index contributed by atoms with van der Waals surface area (Å²) >= 11 is 0. The number of hydrogen-bond acceptors (Lipinski definition) is 5. The molecule has 0 bridgehead atoms. The van der Waals surface area contributed by atoms with Gasteiger partial charge in [0.05, 0.1) is 25.4 Å². The van der Waals surface area contributed by atoms with Gasteiger partial charge in [0, 0.05) is 12.8 Å². The zero-order valence-corrected chi connectivity index (χ0v) is 11.6. The number of hydrogen-bond donors (Lipinski definition) is 0. The number of carbonyl (C=O) groups excluding carboxylic acids is 1. The van der Waals surface area contributed by atoms with Crippen LogP contribution in [0.4, 0.5) is 0 Å². The van der Waals surface area contributed by atoms with Crippen molar-refractivity contribution in [3.8, 4) is 0 Å². The highest BCUT2D eigenvalue weighted by molar-refractivity contribution is 5.79. The molecule has 2 aliphatic heterocycles. The smallest absolute Gasteiger partial charge is 0.338 e. The van der Waals surface area contributed by atoms with Gasteiger partial charge in [-0.15, -0.1) is 0 Å². The van der Waals surface area contributed by atoms with Crippen molar-refractivity contribution in [2.24, 2.45) is 0 Å². The molecule has 0 saturated carbocycles. The van der Waals surface area contributed by atoms with Crippen molar-refractivity contribution in [1.82, 2.24) is 0 Å². The van der Waals surface area contributed by atoms with Gasteiger partial charge in [-0.2, -0.15) is 0 Å². The van der Waals surface area contributed by atoms with Crippen LogP contribution in [0.5, 0.6) is 0 Å². The number of esters is 1. The van der Waals surface area contributed by atoms with E-state index in [1.165, 1.54) is 0 Å². The van der Waals surface area contributed by atoms with Crippen LogP contribution >= 0.6 is 0 Å². The number of carbonyl (C=O) groups is 1. The van der Waals surface area contributed by atoms with Crippen LogP contribution in [0.25, 0.3) is 0 Å². The molecule has 5 nitrogen and oxygen atoms in total. The first-order valence-corrected chi connectivity index (χ1v) is 6.46. The first-order valence-electron chi connectivity index (χ1n) is 6.46. The van der Waals surface area contributed by atoms with E-state index in [2.05, 4.69) is 0 Å². The van der Waals surface area contributed by atoms with Gasteiger partial charge in [-0.05, 0) is 27.7 Å². The monoisotopic (exact) mass is 258 g/mol. The Morgan fingerprint density at radius 1 is 1.17 bits per heavy atom. The van der Waals surface area contributed by atoms with E-state index in [1.807, 2.05) is 13.8 Å². The predicted octanol–water partition coefficient (Wildman–Crippen LogP) is 1.64. The lowest BCUT2D eigenvalue weighted by atomic mass is 9.83. The van der Waals surface area contributed by atoms with Gasteiger partial charge < -0.3 is 18.9 Å². The molecule has 1 spiro atoms. The van der Waals surface area contributed by atoms with Gasteiger partial charge in [-0.25, -0.2) is 4.79 Å². The summed E-state index contributed by atoms with van der Waals surface area (Å²) in [6.45, 7) is 8.88. The molecule has 2 heterocycles. The first kappa shape index (κ1) is 13.8. The second kappa shape index (κ2) is 4.47. The second-order valence-corrected chi connectivity index (χ2v) is 5.77. The molecule has 0 amide bonds. The standard InChI is InChI=1S/C13H22O5/c1-5-15-10(14)12(4)9-13(16-6-7-17-13)8-11(2,3)18-12/h5-9H2,1-4H3. The fourth-order valence-electron chi connectivity index (χ4n) is 3.01. The fourth-order valence-corrected chi connectivity index (χ4v) is 3.01. The molecule has 2 saturated heterocycles. The second-order valence-electron chi connectivity index (χ2n) is 5.77. The Kier molecular flexibility index (Phi) is 3.42. The molecule has 0 aromatic rings. The lowest BCUT2D eigenvalue weighted by Gasteiger charge is -2.48. The topological polar surface area (TPSA) is 54.0 Å². The summed E-state index contributed by atoms with van der Waals surface area (Å²) in [6.07, 6.45) is 0.997. The number of ether oxygens (including phenoxy) is 4. The summed E-state index contributed by atoms with van der Waals surface area (Å²) < 4.78 is 22.5. The van der Waals surface area contributed by atoms with Crippen molar-refractivity contribution in [2.75, 3.05) is 19.8 Å². The predicted molar refractivity (Wildman–Crippen MR) is 64.1 cm³/mol. The van der Waals surface area contributed by atoms with Gasteiger partial charge in [-0.1, -0.05) is 0 Å². The van der Waals surface area contributed by atoms with Crippen molar-refractivity contribution in [1.29, 1.82) is 0 Å². The van der Waals surface area contributed by atoms with Gasteiger partial charge in [0.2, 0.25) is 0 Å². The normalized spacial score (nSPS) is 33.6. The molecule has 2 aliphatic rings. The molecule has 0 radical (unpaired) electrons. The lowest BCUT2D eigenvalue weighted by Crippen LogP contribution is -2.59. The Labute approximate surface area is 108 Å². The highest BCUT2D eigenvalue weighted by Crippen LogP contribution is 2.45. The van der Waals surface area contributed by atoms with Gasteiger partial charge in [0.25, 0.3) is 0 Å². The summed E-state index contributed by atoms with van der Waals surface area (Å²) in [4.78, 5) is 12.1. The molecular weight excluding hydrogens is 236 g/mol. The van der Waals surface area contributed by atoms with E-state index in [4.69, 9.17) is 18.9 Å². The van der Waals surface area contributed by atoms with Crippen LogP contribution in [0.2, 0.25) is 0 Å². The molecule has 0 aromatic heterocycles. The molecule has 104 valence electrons. The molecular formula is C13H22O5. The number of rotatable bonds is 2. The lowest BCUT2D eigenvalue weighted by molar-refractivity contribution is -0.290. The third-order valence-electron chi connectivity index (χ3n) is 3.32. The third-order valence-corrected chi connectivity index (χ3v) is 3.32. The molecule has 0 aliphatic carbocycles.